The largest absolute Gasteiger partial charge is 0.371 e. The number of hydrogen-bond donors (Lipinski definition) is 0. The second kappa shape index (κ2) is 6.44. The lowest BCUT2D eigenvalue weighted by Crippen LogP contribution is -2.66. The van der Waals surface area contributed by atoms with Crippen molar-refractivity contribution in [3.8, 4) is 0 Å². The number of epoxide rings is 2. The van der Waals surface area contributed by atoms with E-state index in [1.165, 1.54) is 9.80 Å². The van der Waals surface area contributed by atoms with Crippen LogP contribution in [0.25, 0.3) is 0 Å². The molecule has 0 aromatic carbocycles. The molecule has 0 saturated carbocycles. The molecular weight excluding hydrogens is 312 g/mol. The van der Waals surface area contributed by atoms with Gasteiger partial charge in [0.1, 0.15) is 5.41 Å². The van der Waals surface area contributed by atoms with Crippen LogP contribution < -0.4 is 0 Å². The fourth-order valence-corrected chi connectivity index (χ4v) is 3.23. The molecule has 3 rings (SSSR count). The SMILES string of the molecule is CCC1(CCC(C)C)C(=O)N(CC2CO2)C(=O)N(CC2CO2)C1=O. The van der Waals surface area contributed by atoms with Crippen molar-refractivity contribution in [2.75, 3.05) is 26.3 Å². The normalized spacial score (nSPS) is 32.8. The Hall–Kier alpha value is -1.47. The molecule has 0 N–H and O–H groups in total. The minimum Gasteiger partial charge on any atom is -0.371 e. The van der Waals surface area contributed by atoms with Crippen LogP contribution in [0.15, 0.2) is 0 Å². The van der Waals surface area contributed by atoms with Gasteiger partial charge < -0.3 is 9.47 Å². The summed E-state index contributed by atoms with van der Waals surface area (Å²) in [7, 11) is 0. The first-order valence-electron chi connectivity index (χ1n) is 8.80. The summed E-state index contributed by atoms with van der Waals surface area (Å²) >= 11 is 0. The predicted molar refractivity (Wildman–Crippen MR) is 85.1 cm³/mol. The van der Waals surface area contributed by atoms with Gasteiger partial charge in [-0.25, -0.2) is 4.79 Å². The first-order valence-corrected chi connectivity index (χ1v) is 8.80. The number of rotatable bonds is 8. The third-order valence-corrected chi connectivity index (χ3v) is 5.10. The van der Waals surface area contributed by atoms with Gasteiger partial charge in [-0.15, -0.1) is 0 Å². The Labute approximate surface area is 142 Å². The summed E-state index contributed by atoms with van der Waals surface area (Å²) in [6.45, 7) is 7.57. The highest BCUT2D eigenvalue weighted by atomic mass is 16.6. The summed E-state index contributed by atoms with van der Waals surface area (Å²) in [6, 6.07) is -0.523. The molecule has 3 fully saturated rings. The summed E-state index contributed by atoms with van der Waals surface area (Å²) in [5, 5.41) is 0. The molecule has 7 nitrogen and oxygen atoms in total. The van der Waals surface area contributed by atoms with E-state index >= 15 is 0 Å². The predicted octanol–water partition coefficient (Wildman–Crippen LogP) is 1.41. The summed E-state index contributed by atoms with van der Waals surface area (Å²) in [6.07, 6.45) is 1.45. The number of imide groups is 2. The maximum atomic E-state index is 13.1. The van der Waals surface area contributed by atoms with Gasteiger partial charge in [-0.1, -0.05) is 20.8 Å². The molecule has 3 saturated heterocycles. The van der Waals surface area contributed by atoms with Crippen LogP contribution in [0.2, 0.25) is 0 Å². The molecule has 2 atom stereocenters. The third kappa shape index (κ3) is 3.19. The average Bonchev–Trinajstić information content (AvgIpc) is 3.44. The maximum Gasteiger partial charge on any atom is 0.333 e. The zero-order chi connectivity index (χ0) is 17.5. The number of urea groups is 1. The molecule has 134 valence electrons. The first-order chi connectivity index (χ1) is 11.4. The molecule has 7 heteroatoms. The minimum absolute atomic E-state index is 0.0928. The van der Waals surface area contributed by atoms with E-state index in [9.17, 15) is 14.4 Å². The van der Waals surface area contributed by atoms with Crippen molar-refractivity contribution in [1.82, 2.24) is 9.80 Å². The van der Waals surface area contributed by atoms with Crippen molar-refractivity contribution in [1.29, 1.82) is 0 Å². The van der Waals surface area contributed by atoms with E-state index in [1.54, 1.807) is 0 Å². The highest BCUT2D eigenvalue weighted by molar-refractivity contribution is 6.19. The van der Waals surface area contributed by atoms with E-state index in [4.69, 9.17) is 9.47 Å². The van der Waals surface area contributed by atoms with E-state index in [-0.39, 0.29) is 37.1 Å². The summed E-state index contributed by atoms with van der Waals surface area (Å²) < 4.78 is 10.4. The monoisotopic (exact) mass is 338 g/mol. The molecule has 3 aliphatic rings. The Morgan fingerprint density at radius 2 is 1.50 bits per heavy atom. The zero-order valence-corrected chi connectivity index (χ0v) is 14.6. The molecule has 3 aliphatic heterocycles. The molecule has 0 aliphatic carbocycles. The molecule has 0 bridgehead atoms. The van der Waals surface area contributed by atoms with Gasteiger partial charge >= 0.3 is 6.03 Å². The van der Waals surface area contributed by atoms with E-state index in [1.807, 2.05) is 6.92 Å². The zero-order valence-electron chi connectivity index (χ0n) is 14.6. The lowest BCUT2D eigenvalue weighted by molar-refractivity contribution is -0.160. The van der Waals surface area contributed by atoms with Gasteiger partial charge in [-0.05, 0) is 25.2 Å². The van der Waals surface area contributed by atoms with Crippen molar-refractivity contribution in [3.05, 3.63) is 0 Å². The molecule has 24 heavy (non-hydrogen) atoms. The van der Waals surface area contributed by atoms with Crippen LogP contribution in [0, 0.1) is 11.3 Å². The fraction of sp³-hybridized carbons (Fsp3) is 0.824. The van der Waals surface area contributed by atoms with Crippen molar-refractivity contribution in [2.24, 2.45) is 11.3 Å². The van der Waals surface area contributed by atoms with Crippen LogP contribution in [0.1, 0.15) is 40.0 Å². The fourth-order valence-electron chi connectivity index (χ4n) is 3.23. The highest BCUT2D eigenvalue weighted by Crippen LogP contribution is 2.39. The number of amides is 4. The molecule has 2 unspecified atom stereocenters. The Balaban J connectivity index is 1.89. The highest BCUT2D eigenvalue weighted by Gasteiger charge is 2.57. The number of carbonyl (C=O) groups excluding carboxylic acids is 3. The van der Waals surface area contributed by atoms with Gasteiger partial charge in [0, 0.05) is 0 Å². The number of hydrogen-bond acceptors (Lipinski definition) is 5. The average molecular weight is 338 g/mol. The Morgan fingerprint density at radius 1 is 1.04 bits per heavy atom. The van der Waals surface area contributed by atoms with E-state index in [2.05, 4.69) is 13.8 Å². The topological polar surface area (TPSA) is 82.8 Å². The second-order valence-electron chi connectivity index (χ2n) is 7.39. The number of carbonyl (C=O) groups is 3. The smallest absolute Gasteiger partial charge is 0.333 e. The summed E-state index contributed by atoms with van der Waals surface area (Å²) in [5.41, 5.74) is -1.14. The van der Waals surface area contributed by atoms with Crippen molar-refractivity contribution < 1.29 is 23.9 Å². The van der Waals surface area contributed by atoms with Crippen molar-refractivity contribution in [2.45, 2.75) is 52.2 Å². The molecule has 0 radical (unpaired) electrons. The van der Waals surface area contributed by atoms with Crippen molar-refractivity contribution in [3.63, 3.8) is 0 Å². The Morgan fingerprint density at radius 3 is 1.83 bits per heavy atom. The first kappa shape index (κ1) is 17.4. The number of nitrogens with zero attached hydrogens (tertiary/aromatic N) is 2. The van der Waals surface area contributed by atoms with Crippen molar-refractivity contribution >= 4 is 17.8 Å². The van der Waals surface area contributed by atoms with Gasteiger partial charge in [0.15, 0.2) is 0 Å². The van der Waals surface area contributed by atoms with Crippen LogP contribution in [0.3, 0.4) is 0 Å². The van der Waals surface area contributed by atoms with Crippen LogP contribution in [0.4, 0.5) is 4.79 Å². The Bertz CT molecular complexity index is 503. The molecule has 3 heterocycles. The number of ether oxygens (including phenoxy) is 2. The van der Waals surface area contributed by atoms with Crippen LogP contribution >= 0.6 is 0 Å². The van der Waals surface area contributed by atoms with Gasteiger partial charge in [-0.2, -0.15) is 0 Å². The van der Waals surface area contributed by atoms with Gasteiger partial charge in [0.2, 0.25) is 11.8 Å². The lowest BCUT2D eigenvalue weighted by Gasteiger charge is -2.44. The van der Waals surface area contributed by atoms with Crippen LogP contribution in [0.5, 0.6) is 0 Å². The summed E-state index contributed by atoms with van der Waals surface area (Å²) in [4.78, 5) is 41.4. The van der Waals surface area contributed by atoms with E-state index in [0.717, 1.165) is 6.42 Å². The van der Waals surface area contributed by atoms with Gasteiger partial charge in [-0.3, -0.25) is 19.4 Å². The molecule has 0 aromatic rings. The lowest BCUT2D eigenvalue weighted by atomic mass is 9.75. The molecular formula is C17H26N2O5. The number of barbiturate groups is 1. The molecule has 0 aromatic heterocycles. The van der Waals surface area contributed by atoms with Crippen LogP contribution in [-0.4, -0.2) is 66.2 Å². The standard InChI is InChI=1S/C17H26N2O5/c1-4-17(6-5-11(2)3)14(20)18(7-12-9-23-12)16(22)19(15(17)21)8-13-10-24-13/h11-13H,4-10H2,1-3H3. The Kier molecular flexibility index (Phi) is 4.66. The second-order valence-corrected chi connectivity index (χ2v) is 7.39. The minimum atomic E-state index is -1.14. The maximum absolute atomic E-state index is 13.1. The summed E-state index contributed by atoms with van der Waals surface area (Å²) in [5.74, 6) is -0.333. The molecule has 4 amide bonds. The van der Waals surface area contributed by atoms with E-state index < -0.39 is 11.4 Å². The third-order valence-electron chi connectivity index (χ3n) is 5.10. The quantitative estimate of drug-likeness (QED) is 0.493. The van der Waals surface area contributed by atoms with E-state index in [0.29, 0.717) is 32.0 Å². The van der Waals surface area contributed by atoms with Gasteiger partial charge in [0.25, 0.3) is 0 Å². The molecule has 0 spiro atoms. The van der Waals surface area contributed by atoms with Gasteiger partial charge in [0.05, 0.1) is 38.5 Å². The van der Waals surface area contributed by atoms with Crippen LogP contribution in [-0.2, 0) is 19.1 Å².